The minimum atomic E-state index is -0.366. The van der Waals surface area contributed by atoms with E-state index in [4.69, 9.17) is 4.42 Å². The maximum atomic E-state index is 10.3. The Balaban J connectivity index is 1.59. The Labute approximate surface area is 145 Å². The number of aromatic nitrogens is 1. The van der Waals surface area contributed by atoms with Crippen LogP contribution in [0.5, 0.6) is 0 Å². The van der Waals surface area contributed by atoms with Gasteiger partial charge in [-0.05, 0) is 38.0 Å². The lowest BCUT2D eigenvalue weighted by Crippen LogP contribution is -2.22. The molecule has 4 nitrogen and oxygen atoms in total. The van der Waals surface area contributed by atoms with Gasteiger partial charge in [0, 0.05) is 28.9 Å². The van der Waals surface area contributed by atoms with E-state index in [1.54, 1.807) is 11.3 Å². The van der Waals surface area contributed by atoms with Crippen LogP contribution in [0.1, 0.15) is 35.1 Å². The van der Waals surface area contributed by atoms with Crippen LogP contribution in [0.25, 0.3) is 10.8 Å². The maximum absolute atomic E-state index is 10.3. The summed E-state index contributed by atoms with van der Waals surface area (Å²) in [5, 5.41) is 11.2. The summed E-state index contributed by atoms with van der Waals surface area (Å²) in [5.41, 5.74) is 2.16. The first kappa shape index (κ1) is 15.4. The van der Waals surface area contributed by atoms with Crippen LogP contribution in [0.15, 0.2) is 47.0 Å². The Morgan fingerprint density at radius 3 is 3.00 bits per heavy atom. The molecule has 2 aromatic heterocycles. The fourth-order valence-electron chi connectivity index (χ4n) is 3.21. The van der Waals surface area contributed by atoms with Gasteiger partial charge in [0.25, 0.3) is 0 Å². The van der Waals surface area contributed by atoms with Crippen LogP contribution in [-0.2, 0) is 6.54 Å². The molecule has 24 heavy (non-hydrogen) atoms. The normalized spacial score (nSPS) is 17.6. The fraction of sp³-hybridized carbons (Fsp3) is 0.316. The fourth-order valence-corrected chi connectivity index (χ4v) is 4.09. The second kappa shape index (κ2) is 6.42. The first-order valence-electron chi connectivity index (χ1n) is 8.24. The van der Waals surface area contributed by atoms with Gasteiger partial charge in [0.15, 0.2) is 10.8 Å². The Hall–Kier alpha value is -2.11. The zero-order chi connectivity index (χ0) is 16.5. The zero-order valence-corrected chi connectivity index (χ0v) is 14.4. The summed E-state index contributed by atoms with van der Waals surface area (Å²) in [6.45, 7) is 3.69. The molecule has 1 aromatic carbocycles. The molecule has 0 fully saturated rings. The van der Waals surface area contributed by atoms with Gasteiger partial charge in [-0.3, -0.25) is 0 Å². The van der Waals surface area contributed by atoms with Gasteiger partial charge < -0.3 is 14.4 Å². The van der Waals surface area contributed by atoms with Crippen LogP contribution in [0, 0.1) is 6.92 Å². The Bertz CT molecular complexity index is 839. The molecule has 0 saturated heterocycles. The first-order chi connectivity index (χ1) is 11.7. The number of rotatable bonds is 3. The molecule has 0 bridgehead atoms. The second-order valence-electron chi connectivity index (χ2n) is 6.18. The molecule has 1 aliphatic rings. The van der Waals surface area contributed by atoms with E-state index in [9.17, 15) is 5.11 Å². The first-order valence-corrected chi connectivity index (χ1v) is 9.06. The van der Waals surface area contributed by atoms with Crippen molar-refractivity contribution in [2.24, 2.45) is 0 Å². The third kappa shape index (κ3) is 2.97. The van der Waals surface area contributed by atoms with E-state index in [1.165, 1.54) is 4.88 Å². The van der Waals surface area contributed by atoms with Crippen LogP contribution in [0.3, 0.4) is 0 Å². The van der Waals surface area contributed by atoms with Gasteiger partial charge in [0.05, 0.1) is 12.6 Å². The van der Waals surface area contributed by atoms with Gasteiger partial charge in [-0.25, -0.2) is 4.98 Å². The Morgan fingerprint density at radius 2 is 2.17 bits per heavy atom. The van der Waals surface area contributed by atoms with Crippen molar-refractivity contribution in [3.05, 3.63) is 58.8 Å². The minimum Gasteiger partial charge on any atom is -0.459 e. The van der Waals surface area contributed by atoms with E-state index in [0.29, 0.717) is 0 Å². The maximum Gasteiger partial charge on any atom is 0.162 e. The summed E-state index contributed by atoms with van der Waals surface area (Å²) in [5.74, 6) is 1.73. The Kier molecular flexibility index (Phi) is 4.12. The molecule has 0 aliphatic carbocycles. The van der Waals surface area contributed by atoms with Crippen LogP contribution < -0.4 is 4.90 Å². The highest BCUT2D eigenvalue weighted by Gasteiger charge is 2.21. The SMILES string of the molecule is Cc1ccc(-c2ncc(CN3CCC[C@@H](O)c4ccccc43)s2)o1. The van der Waals surface area contributed by atoms with Gasteiger partial charge in [-0.1, -0.05) is 18.2 Å². The molecule has 124 valence electrons. The summed E-state index contributed by atoms with van der Waals surface area (Å²) in [7, 11) is 0. The van der Waals surface area contributed by atoms with Crippen molar-refractivity contribution in [2.75, 3.05) is 11.4 Å². The molecule has 0 unspecified atom stereocenters. The summed E-state index contributed by atoms with van der Waals surface area (Å²) in [6.07, 6.45) is 3.36. The highest BCUT2D eigenvalue weighted by atomic mass is 32.1. The van der Waals surface area contributed by atoms with E-state index >= 15 is 0 Å². The lowest BCUT2D eigenvalue weighted by Gasteiger charge is -2.24. The van der Waals surface area contributed by atoms with Crippen molar-refractivity contribution >= 4 is 17.0 Å². The van der Waals surface area contributed by atoms with Gasteiger partial charge in [-0.2, -0.15) is 0 Å². The molecule has 1 atom stereocenters. The summed E-state index contributed by atoms with van der Waals surface area (Å²) >= 11 is 1.67. The van der Waals surface area contributed by atoms with Crippen LogP contribution >= 0.6 is 11.3 Å². The van der Waals surface area contributed by atoms with E-state index in [0.717, 1.165) is 53.7 Å². The largest absolute Gasteiger partial charge is 0.459 e. The third-order valence-corrected chi connectivity index (χ3v) is 5.39. The molecule has 0 spiro atoms. The van der Waals surface area contributed by atoms with Crippen molar-refractivity contribution in [1.29, 1.82) is 0 Å². The number of aliphatic hydroxyl groups excluding tert-OH is 1. The van der Waals surface area contributed by atoms with E-state index in [-0.39, 0.29) is 6.10 Å². The average Bonchev–Trinajstić information content (AvgIpc) is 3.19. The topological polar surface area (TPSA) is 49.5 Å². The van der Waals surface area contributed by atoms with Crippen LogP contribution in [0.4, 0.5) is 5.69 Å². The molecule has 1 aliphatic heterocycles. The zero-order valence-electron chi connectivity index (χ0n) is 13.6. The van der Waals surface area contributed by atoms with Crippen LogP contribution in [-0.4, -0.2) is 16.6 Å². The number of para-hydroxylation sites is 1. The predicted octanol–water partition coefficient (Wildman–Crippen LogP) is 4.55. The summed E-state index contributed by atoms with van der Waals surface area (Å²) in [4.78, 5) is 8.05. The van der Waals surface area contributed by atoms with Crippen molar-refractivity contribution in [3.8, 4) is 10.8 Å². The van der Waals surface area contributed by atoms with Crippen molar-refractivity contribution in [3.63, 3.8) is 0 Å². The number of benzene rings is 1. The van der Waals surface area contributed by atoms with Gasteiger partial charge in [0.1, 0.15) is 5.76 Å². The number of hydrogen-bond donors (Lipinski definition) is 1. The third-order valence-electron chi connectivity index (χ3n) is 4.39. The minimum absolute atomic E-state index is 0.366. The monoisotopic (exact) mass is 340 g/mol. The quantitative estimate of drug-likeness (QED) is 0.760. The number of aryl methyl sites for hydroxylation is 1. The van der Waals surface area contributed by atoms with Crippen LogP contribution in [0.2, 0.25) is 0 Å². The molecule has 0 amide bonds. The second-order valence-corrected chi connectivity index (χ2v) is 7.30. The van der Waals surface area contributed by atoms with Crippen molar-refractivity contribution in [2.45, 2.75) is 32.4 Å². The number of anilines is 1. The van der Waals surface area contributed by atoms with Crippen molar-refractivity contribution < 1.29 is 9.52 Å². The number of aliphatic hydroxyl groups is 1. The lowest BCUT2D eigenvalue weighted by atomic mass is 10.0. The molecule has 4 rings (SSSR count). The average molecular weight is 340 g/mol. The van der Waals surface area contributed by atoms with E-state index < -0.39 is 0 Å². The van der Waals surface area contributed by atoms with E-state index in [2.05, 4.69) is 16.0 Å². The molecule has 0 saturated carbocycles. The number of furan rings is 1. The number of fused-ring (bicyclic) bond motifs is 1. The highest BCUT2D eigenvalue weighted by molar-refractivity contribution is 7.14. The van der Waals surface area contributed by atoms with E-state index in [1.807, 2.05) is 43.5 Å². The number of thiazole rings is 1. The molecule has 1 N–H and O–H groups in total. The number of hydrogen-bond acceptors (Lipinski definition) is 5. The molecular formula is C19H20N2O2S. The smallest absolute Gasteiger partial charge is 0.162 e. The van der Waals surface area contributed by atoms with Gasteiger partial charge >= 0.3 is 0 Å². The highest BCUT2D eigenvalue weighted by Crippen LogP contribution is 2.35. The Morgan fingerprint density at radius 1 is 1.29 bits per heavy atom. The number of nitrogens with zero attached hydrogens (tertiary/aromatic N) is 2. The van der Waals surface area contributed by atoms with Crippen molar-refractivity contribution in [1.82, 2.24) is 4.98 Å². The molecule has 0 radical (unpaired) electrons. The lowest BCUT2D eigenvalue weighted by molar-refractivity contribution is 0.168. The molecule has 3 aromatic rings. The predicted molar refractivity (Wildman–Crippen MR) is 96.2 cm³/mol. The molecule has 3 heterocycles. The summed E-state index contributed by atoms with van der Waals surface area (Å²) < 4.78 is 5.66. The molecule has 5 heteroatoms. The standard InChI is InChI=1S/C19H20N2O2S/c1-13-8-9-18(23-13)19-20-11-14(24-19)12-21-10-4-7-17(22)15-5-2-3-6-16(15)21/h2-3,5-6,8-9,11,17,22H,4,7,10,12H2,1H3/t17-/m1/s1. The summed E-state index contributed by atoms with van der Waals surface area (Å²) in [6, 6.07) is 12.1. The molecular weight excluding hydrogens is 320 g/mol. The van der Waals surface area contributed by atoms with Gasteiger partial charge in [-0.15, -0.1) is 11.3 Å². The van der Waals surface area contributed by atoms with Gasteiger partial charge in [0.2, 0.25) is 0 Å².